The summed E-state index contributed by atoms with van der Waals surface area (Å²) in [6, 6.07) is 37.9. The molecule has 0 spiro atoms. The molecule has 0 saturated heterocycles. The Balaban J connectivity index is 1.54. The molecule has 0 aliphatic heterocycles. The van der Waals surface area contributed by atoms with Gasteiger partial charge >= 0.3 is 0 Å². The Bertz CT molecular complexity index is 1780. The average molecular weight is 425 g/mol. The van der Waals surface area contributed by atoms with Gasteiger partial charge in [-0.2, -0.15) is 0 Å². The van der Waals surface area contributed by atoms with Gasteiger partial charge in [-0.05, 0) is 54.1 Å². The molecule has 3 nitrogen and oxygen atoms in total. The topological polar surface area (TPSA) is 44.1 Å². The first-order valence-corrected chi connectivity index (χ1v) is 11.1. The SMILES string of the molecule is Nc1ccc(-n2c3ccccc3c3ccccc32)c(-c2ccc3c(c2)oc2ccccc23)c1. The Labute approximate surface area is 190 Å². The second-order valence-electron chi connectivity index (χ2n) is 8.46. The minimum Gasteiger partial charge on any atom is -0.456 e. The molecule has 7 aromatic rings. The lowest BCUT2D eigenvalue weighted by atomic mass is 10.0. The number of rotatable bonds is 2. The van der Waals surface area contributed by atoms with Gasteiger partial charge in [-0.1, -0.05) is 60.7 Å². The van der Waals surface area contributed by atoms with Gasteiger partial charge in [0.25, 0.3) is 0 Å². The molecule has 0 fully saturated rings. The van der Waals surface area contributed by atoms with E-state index in [1.54, 1.807) is 0 Å². The van der Waals surface area contributed by atoms with Gasteiger partial charge in [-0.3, -0.25) is 0 Å². The van der Waals surface area contributed by atoms with Gasteiger partial charge in [0.05, 0.1) is 16.7 Å². The van der Waals surface area contributed by atoms with Crippen molar-refractivity contribution in [2.24, 2.45) is 0 Å². The largest absolute Gasteiger partial charge is 0.456 e. The van der Waals surface area contributed by atoms with Gasteiger partial charge in [0.2, 0.25) is 0 Å². The van der Waals surface area contributed by atoms with Crippen LogP contribution in [-0.2, 0) is 0 Å². The average Bonchev–Trinajstić information content (AvgIpc) is 3.39. The van der Waals surface area contributed by atoms with E-state index in [1.165, 1.54) is 21.8 Å². The Hall–Kier alpha value is -4.50. The maximum atomic E-state index is 6.28. The first-order chi connectivity index (χ1) is 16.3. The quantitative estimate of drug-likeness (QED) is 0.286. The Kier molecular flexibility index (Phi) is 3.70. The normalized spacial score (nSPS) is 11.8. The van der Waals surface area contributed by atoms with Crippen molar-refractivity contribution in [3.8, 4) is 16.8 Å². The molecule has 33 heavy (non-hydrogen) atoms. The summed E-state index contributed by atoms with van der Waals surface area (Å²) in [5.41, 5.74) is 14.4. The van der Waals surface area contributed by atoms with Crippen molar-refractivity contribution < 1.29 is 4.42 Å². The van der Waals surface area contributed by atoms with Gasteiger partial charge in [-0.25, -0.2) is 0 Å². The zero-order valence-electron chi connectivity index (χ0n) is 17.8. The second kappa shape index (κ2) is 6.75. The van der Waals surface area contributed by atoms with E-state index in [0.29, 0.717) is 0 Å². The van der Waals surface area contributed by atoms with Crippen molar-refractivity contribution >= 4 is 49.4 Å². The third-order valence-corrected chi connectivity index (χ3v) is 6.53. The molecule has 0 aliphatic carbocycles. The molecule has 0 aliphatic rings. The molecule has 5 aromatic carbocycles. The number of furan rings is 1. The van der Waals surface area contributed by atoms with Crippen molar-refractivity contribution in [3.63, 3.8) is 0 Å². The monoisotopic (exact) mass is 424 g/mol. The molecular weight excluding hydrogens is 404 g/mol. The zero-order valence-corrected chi connectivity index (χ0v) is 17.8. The van der Waals surface area contributed by atoms with Crippen LogP contribution in [-0.4, -0.2) is 4.57 Å². The summed E-state index contributed by atoms with van der Waals surface area (Å²) in [7, 11) is 0. The summed E-state index contributed by atoms with van der Waals surface area (Å²) in [6.45, 7) is 0. The van der Waals surface area contributed by atoms with Gasteiger partial charge in [0.15, 0.2) is 0 Å². The van der Waals surface area contributed by atoms with Crippen LogP contribution in [0.2, 0.25) is 0 Å². The number of fused-ring (bicyclic) bond motifs is 6. The van der Waals surface area contributed by atoms with E-state index in [4.69, 9.17) is 10.2 Å². The second-order valence-corrected chi connectivity index (χ2v) is 8.46. The number of anilines is 1. The molecule has 3 heteroatoms. The van der Waals surface area contributed by atoms with Crippen LogP contribution >= 0.6 is 0 Å². The summed E-state index contributed by atoms with van der Waals surface area (Å²) in [4.78, 5) is 0. The van der Waals surface area contributed by atoms with Crippen LogP contribution in [0.1, 0.15) is 0 Å². The maximum Gasteiger partial charge on any atom is 0.136 e. The fraction of sp³-hybridized carbons (Fsp3) is 0. The summed E-state index contributed by atoms with van der Waals surface area (Å²) in [6.07, 6.45) is 0. The molecule has 2 heterocycles. The molecule has 0 amide bonds. The van der Waals surface area contributed by atoms with E-state index < -0.39 is 0 Å². The molecule has 0 atom stereocenters. The summed E-state index contributed by atoms with van der Waals surface area (Å²) >= 11 is 0. The fourth-order valence-electron chi connectivity index (χ4n) is 5.06. The molecule has 0 bridgehead atoms. The molecule has 156 valence electrons. The highest BCUT2D eigenvalue weighted by molar-refractivity contribution is 6.10. The number of nitrogen functional groups attached to an aromatic ring is 1. The van der Waals surface area contributed by atoms with Crippen molar-refractivity contribution in [2.45, 2.75) is 0 Å². The van der Waals surface area contributed by atoms with Crippen LogP contribution in [0.25, 0.3) is 60.6 Å². The van der Waals surface area contributed by atoms with E-state index >= 15 is 0 Å². The van der Waals surface area contributed by atoms with Gasteiger partial charge in [0, 0.05) is 32.8 Å². The third-order valence-electron chi connectivity index (χ3n) is 6.53. The van der Waals surface area contributed by atoms with E-state index in [2.05, 4.69) is 89.5 Å². The van der Waals surface area contributed by atoms with Crippen LogP contribution in [0.4, 0.5) is 5.69 Å². The highest BCUT2D eigenvalue weighted by atomic mass is 16.3. The first-order valence-electron chi connectivity index (χ1n) is 11.1. The van der Waals surface area contributed by atoms with Crippen molar-refractivity contribution in [1.29, 1.82) is 0 Å². The van der Waals surface area contributed by atoms with Gasteiger partial charge in [0.1, 0.15) is 11.2 Å². The van der Waals surface area contributed by atoms with E-state index in [0.717, 1.165) is 44.4 Å². The predicted molar refractivity (Wildman–Crippen MR) is 138 cm³/mol. The van der Waals surface area contributed by atoms with E-state index in [-0.39, 0.29) is 0 Å². The number of nitrogens with zero attached hydrogens (tertiary/aromatic N) is 1. The minimum atomic E-state index is 0.735. The number of para-hydroxylation sites is 3. The summed E-state index contributed by atoms with van der Waals surface area (Å²) < 4.78 is 8.51. The Morgan fingerprint density at radius 1 is 0.545 bits per heavy atom. The highest BCUT2D eigenvalue weighted by Crippen LogP contribution is 2.38. The predicted octanol–water partition coefficient (Wildman–Crippen LogP) is 7.93. The van der Waals surface area contributed by atoms with Crippen molar-refractivity contribution in [1.82, 2.24) is 4.57 Å². The van der Waals surface area contributed by atoms with Crippen LogP contribution < -0.4 is 5.73 Å². The third kappa shape index (κ3) is 2.63. The zero-order chi connectivity index (χ0) is 21.9. The van der Waals surface area contributed by atoms with Crippen LogP contribution in [0.3, 0.4) is 0 Å². The summed E-state index contributed by atoms with van der Waals surface area (Å²) in [5.74, 6) is 0. The highest BCUT2D eigenvalue weighted by Gasteiger charge is 2.16. The number of aromatic nitrogens is 1. The van der Waals surface area contributed by atoms with Crippen molar-refractivity contribution in [2.75, 3.05) is 5.73 Å². The van der Waals surface area contributed by atoms with Crippen LogP contribution in [0.5, 0.6) is 0 Å². The summed E-state index contributed by atoms with van der Waals surface area (Å²) in [5, 5.41) is 4.73. The number of benzene rings is 5. The number of hydrogen-bond donors (Lipinski definition) is 1. The lowest BCUT2D eigenvalue weighted by Gasteiger charge is -2.15. The number of hydrogen-bond acceptors (Lipinski definition) is 2. The fourth-order valence-corrected chi connectivity index (χ4v) is 5.06. The van der Waals surface area contributed by atoms with Gasteiger partial charge < -0.3 is 14.7 Å². The number of nitrogens with two attached hydrogens (primary N) is 1. The smallest absolute Gasteiger partial charge is 0.136 e. The lowest BCUT2D eigenvalue weighted by Crippen LogP contribution is -1.98. The molecule has 0 unspecified atom stereocenters. The van der Waals surface area contributed by atoms with Crippen LogP contribution in [0, 0.1) is 0 Å². The minimum absolute atomic E-state index is 0.735. The molecular formula is C30H20N2O. The molecule has 2 aromatic heterocycles. The first kappa shape index (κ1) is 18.1. The van der Waals surface area contributed by atoms with E-state index in [9.17, 15) is 0 Å². The maximum absolute atomic E-state index is 6.28. The molecule has 0 saturated carbocycles. The van der Waals surface area contributed by atoms with E-state index in [1.807, 2.05) is 24.3 Å². The van der Waals surface area contributed by atoms with Crippen molar-refractivity contribution in [3.05, 3.63) is 109 Å². The van der Waals surface area contributed by atoms with Gasteiger partial charge in [-0.15, -0.1) is 0 Å². The molecule has 0 radical (unpaired) electrons. The standard InChI is InChI=1S/C30H20N2O/c31-20-14-16-28(32-26-10-4-1-7-21(26)22-8-2-5-11-27(22)32)25(18-20)19-13-15-24-23-9-3-6-12-29(23)33-30(24)17-19/h1-18H,31H2. The molecule has 2 N–H and O–H groups in total. The Morgan fingerprint density at radius 3 is 1.94 bits per heavy atom. The Morgan fingerprint density at radius 2 is 1.18 bits per heavy atom. The lowest BCUT2D eigenvalue weighted by molar-refractivity contribution is 0.669. The van der Waals surface area contributed by atoms with Crippen LogP contribution in [0.15, 0.2) is 114 Å². The molecule has 7 rings (SSSR count).